The van der Waals surface area contributed by atoms with E-state index >= 15 is 0 Å². The SMILES string of the molecule is O=C(c1cc2c3c(ccc2[nH]1)NCC3)N1c2ccc3ccccc3c2[C@H](CCl)C1O. The number of halogens is 1. The molecule has 0 saturated carbocycles. The van der Waals surface area contributed by atoms with Gasteiger partial charge in [-0.1, -0.05) is 30.3 Å². The van der Waals surface area contributed by atoms with Crippen LogP contribution in [0, 0.1) is 0 Å². The summed E-state index contributed by atoms with van der Waals surface area (Å²) in [6.07, 6.45) is -0.0669. The fraction of sp³-hybridized carbons (Fsp3) is 0.208. The van der Waals surface area contributed by atoms with E-state index in [2.05, 4.69) is 10.3 Å². The Labute approximate surface area is 178 Å². The molecule has 30 heavy (non-hydrogen) atoms. The van der Waals surface area contributed by atoms with Crippen molar-refractivity contribution in [1.82, 2.24) is 4.98 Å². The van der Waals surface area contributed by atoms with E-state index in [1.165, 1.54) is 10.5 Å². The van der Waals surface area contributed by atoms with Crippen molar-refractivity contribution in [2.45, 2.75) is 18.6 Å². The predicted molar refractivity (Wildman–Crippen MR) is 121 cm³/mol. The lowest BCUT2D eigenvalue weighted by Crippen LogP contribution is -2.39. The van der Waals surface area contributed by atoms with Crippen LogP contribution in [-0.4, -0.2) is 34.7 Å². The second-order valence-electron chi connectivity index (χ2n) is 7.98. The number of aromatic nitrogens is 1. The molecule has 0 fully saturated rings. The number of nitrogens with zero attached hydrogens (tertiary/aromatic N) is 1. The minimum absolute atomic E-state index is 0.234. The van der Waals surface area contributed by atoms with Gasteiger partial charge in [-0.15, -0.1) is 11.6 Å². The Balaban J connectivity index is 1.49. The summed E-state index contributed by atoms with van der Waals surface area (Å²) in [5, 5.41) is 17.6. The van der Waals surface area contributed by atoms with Gasteiger partial charge in [-0.3, -0.25) is 9.69 Å². The fourth-order valence-electron chi connectivity index (χ4n) is 5.01. The van der Waals surface area contributed by atoms with Gasteiger partial charge in [-0.05, 0) is 52.6 Å². The van der Waals surface area contributed by atoms with Crippen molar-refractivity contribution in [3.63, 3.8) is 0 Å². The van der Waals surface area contributed by atoms with Crippen LogP contribution in [0.2, 0.25) is 0 Å². The molecule has 1 aromatic heterocycles. The lowest BCUT2D eigenvalue weighted by Gasteiger charge is -2.23. The Kier molecular flexibility index (Phi) is 3.85. The topological polar surface area (TPSA) is 68.4 Å². The lowest BCUT2D eigenvalue weighted by molar-refractivity contribution is 0.0876. The summed E-state index contributed by atoms with van der Waals surface area (Å²) in [4.78, 5) is 18.3. The summed E-state index contributed by atoms with van der Waals surface area (Å²) in [7, 11) is 0. The second kappa shape index (κ2) is 6.49. The summed E-state index contributed by atoms with van der Waals surface area (Å²) < 4.78 is 0. The van der Waals surface area contributed by atoms with Crippen molar-refractivity contribution in [3.8, 4) is 0 Å². The molecule has 150 valence electrons. The van der Waals surface area contributed by atoms with E-state index in [1.54, 1.807) is 0 Å². The van der Waals surface area contributed by atoms with Gasteiger partial charge in [-0.2, -0.15) is 0 Å². The van der Waals surface area contributed by atoms with Gasteiger partial charge in [0.15, 0.2) is 0 Å². The van der Waals surface area contributed by atoms with Gasteiger partial charge in [0.05, 0.1) is 5.69 Å². The molecule has 6 rings (SSSR count). The molecule has 5 nitrogen and oxygen atoms in total. The zero-order chi connectivity index (χ0) is 20.4. The van der Waals surface area contributed by atoms with E-state index in [0.717, 1.165) is 51.6 Å². The number of nitrogens with one attached hydrogen (secondary N) is 2. The first kappa shape index (κ1) is 17.8. The van der Waals surface area contributed by atoms with Crippen LogP contribution in [0.1, 0.15) is 27.5 Å². The van der Waals surface area contributed by atoms with E-state index in [9.17, 15) is 9.90 Å². The van der Waals surface area contributed by atoms with Crippen molar-refractivity contribution < 1.29 is 9.90 Å². The second-order valence-corrected chi connectivity index (χ2v) is 8.29. The Morgan fingerprint density at radius 2 is 2.00 bits per heavy atom. The molecule has 3 aromatic carbocycles. The van der Waals surface area contributed by atoms with Crippen LogP contribution in [0.15, 0.2) is 54.6 Å². The van der Waals surface area contributed by atoms with Crippen LogP contribution in [0.4, 0.5) is 11.4 Å². The van der Waals surface area contributed by atoms with Crippen molar-refractivity contribution in [1.29, 1.82) is 0 Å². The van der Waals surface area contributed by atoms with E-state index in [0.29, 0.717) is 5.69 Å². The van der Waals surface area contributed by atoms with Crippen LogP contribution in [0.3, 0.4) is 0 Å². The number of benzene rings is 3. The van der Waals surface area contributed by atoms with Gasteiger partial charge >= 0.3 is 0 Å². The maximum atomic E-state index is 13.6. The minimum Gasteiger partial charge on any atom is -0.384 e. The minimum atomic E-state index is -1.00. The molecule has 0 bridgehead atoms. The average molecular weight is 418 g/mol. The third kappa shape index (κ3) is 2.36. The van der Waals surface area contributed by atoms with Gasteiger partial charge in [0.25, 0.3) is 5.91 Å². The summed E-state index contributed by atoms with van der Waals surface area (Å²) in [6.45, 7) is 0.908. The largest absolute Gasteiger partial charge is 0.384 e. The fourth-order valence-corrected chi connectivity index (χ4v) is 5.32. The highest BCUT2D eigenvalue weighted by molar-refractivity contribution is 6.19. The van der Waals surface area contributed by atoms with Crippen LogP contribution >= 0.6 is 11.6 Å². The third-order valence-corrected chi connectivity index (χ3v) is 6.76. The number of rotatable bonds is 2. The molecule has 3 heterocycles. The predicted octanol–water partition coefficient (Wildman–Crippen LogP) is 4.59. The maximum Gasteiger partial charge on any atom is 0.276 e. The summed E-state index contributed by atoms with van der Waals surface area (Å²) in [6, 6.07) is 17.9. The first-order valence-electron chi connectivity index (χ1n) is 10.1. The number of carbonyl (C=O) groups is 1. The zero-order valence-electron chi connectivity index (χ0n) is 16.2. The number of amides is 1. The Hall–Kier alpha value is -3.02. The molecule has 2 aliphatic rings. The van der Waals surface area contributed by atoms with Crippen molar-refractivity contribution in [2.75, 3.05) is 22.6 Å². The number of aromatic amines is 1. The number of anilines is 2. The normalized spacial score (nSPS) is 19.9. The molecule has 2 atom stereocenters. The molecule has 1 amide bonds. The highest BCUT2D eigenvalue weighted by Gasteiger charge is 2.42. The molecule has 6 heteroatoms. The summed E-state index contributed by atoms with van der Waals surface area (Å²) in [5.41, 5.74) is 5.42. The molecular formula is C24H20ClN3O2. The van der Waals surface area contributed by atoms with Crippen LogP contribution in [-0.2, 0) is 6.42 Å². The van der Waals surface area contributed by atoms with Gasteiger partial charge in [0.2, 0.25) is 0 Å². The van der Waals surface area contributed by atoms with E-state index in [1.807, 2.05) is 54.6 Å². The van der Waals surface area contributed by atoms with Crippen LogP contribution in [0.5, 0.6) is 0 Å². The van der Waals surface area contributed by atoms with Crippen LogP contribution < -0.4 is 10.2 Å². The van der Waals surface area contributed by atoms with Crippen LogP contribution in [0.25, 0.3) is 21.7 Å². The first-order chi connectivity index (χ1) is 14.7. The molecule has 0 radical (unpaired) electrons. The van der Waals surface area contributed by atoms with Gasteiger partial charge in [-0.25, -0.2) is 0 Å². The number of aliphatic hydroxyl groups excluding tert-OH is 1. The highest BCUT2D eigenvalue weighted by Crippen LogP contribution is 2.45. The maximum absolute atomic E-state index is 13.6. The Morgan fingerprint density at radius 3 is 2.87 bits per heavy atom. The van der Waals surface area contributed by atoms with Crippen molar-refractivity contribution >= 4 is 50.6 Å². The molecule has 0 spiro atoms. The number of H-pyrrole nitrogens is 1. The third-order valence-electron chi connectivity index (χ3n) is 6.42. The molecule has 0 saturated heterocycles. The lowest BCUT2D eigenvalue weighted by atomic mass is 9.95. The highest BCUT2D eigenvalue weighted by atomic mass is 35.5. The molecular weight excluding hydrogens is 398 g/mol. The Morgan fingerprint density at radius 1 is 1.13 bits per heavy atom. The van der Waals surface area contributed by atoms with E-state index in [4.69, 9.17) is 11.6 Å². The molecule has 4 aromatic rings. The smallest absolute Gasteiger partial charge is 0.276 e. The molecule has 3 N–H and O–H groups in total. The molecule has 2 aliphatic heterocycles. The number of hydrogen-bond acceptors (Lipinski definition) is 3. The molecule has 1 unspecified atom stereocenters. The zero-order valence-corrected chi connectivity index (χ0v) is 16.9. The van der Waals surface area contributed by atoms with Gasteiger partial charge in [0, 0.05) is 34.9 Å². The van der Waals surface area contributed by atoms with E-state index < -0.39 is 6.23 Å². The number of fused-ring (bicyclic) bond motifs is 6. The van der Waals surface area contributed by atoms with Gasteiger partial charge in [0.1, 0.15) is 11.9 Å². The van der Waals surface area contributed by atoms with Crippen molar-refractivity contribution in [2.24, 2.45) is 0 Å². The van der Waals surface area contributed by atoms with E-state index in [-0.39, 0.29) is 17.7 Å². The molecule has 0 aliphatic carbocycles. The van der Waals surface area contributed by atoms with Crippen molar-refractivity contribution in [3.05, 3.63) is 71.4 Å². The number of alkyl halides is 1. The first-order valence-corrected chi connectivity index (χ1v) is 10.7. The Bertz CT molecular complexity index is 1330. The standard InChI is InChI=1S/C24H20ClN3O2/c25-12-17-22-14-4-2-1-3-13(14)5-8-21(22)28(23(17)29)24(30)20-11-16-15-9-10-26-18(15)6-7-19(16)27-20/h1-8,11,17,23,26-27,29H,9-10,12H2/t17-,23?/m0/s1. The quantitative estimate of drug-likeness (QED) is 0.418. The monoisotopic (exact) mass is 417 g/mol. The number of aliphatic hydroxyl groups is 1. The average Bonchev–Trinajstić information content (AvgIpc) is 3.47. The number of hydrogen-bond donors (Lipinski definition) is 3. The summed E-state index contributed by atoms with van der Waals surface area (Å²) in [5.74, 6) is -0.352. The summed E-state index contributed by atoms with van der Waals surface area (Å²) >= 11 is 6.26. The number of carbonyl (C=O) groups excluding carboxylic acids is 1. The van der Waals surface area contributed by atoms with Gasteiger partial charge < -0.3 is 15.4 Å².